The topological polar surface area (TPSA) is 120 Å². The molecule has 1 aromatic carbocycles. The SMILES string of the molecule is CSc1ccc(OC(F)F)c(-c2nn(CC(=O)N3CCC(N4CCN(C5CCOCC5)CC4)CC3)cc2NC(=O)C2=C3N=CC=CN3NC2)c1. The minimum atomic E-state index is -3.06. The maximum atomic E-state index is 13.6. The lowest BCUT2D eigenvalue weighted by Gasteiger charge is -2.45. The van der Waals surface area contributed by atoms with Crippen molar-refractivity contribution >= 4 is 35.5 Å². The number of fused-ring (bicyclic) bond motifs is 1. The Labute approximate surface area is 294 Å². The Balaban J connectivity index is 1.04. The van der Waals surface area contributed by atoms with Crippen molar-refractivity contribution in [3.63, 3.8) is 0 Å². The van der Waals surface area contributed by atoms with Crippen LogP contribution in [0.25, 0.3) is 11.3 Å². The van der Waals surface area contributed by atoms with Crippen molar-refractivity contribution in [3.05, 3.63) is 48.1 Å². The molecule has 1 aromatic heterocycles. The molecule has 2 N–H and O–H groups in total. The summed E-state index contributed by atoms with van der Waals surface area (Å²) in [5.41, 5.74) is 4.24. The zero-order chi connectivity index (χ0) is 34.6. The van der Waals surface area contributed by atoms with E-state index < -0.39 is 12.5 Å². The molecule has 16 heteroatoms. The van der Waals surface area contributed by atoms with Crippen LogP contribution in [0.2, 0.25) is 0 Å². The Morgan fingerprint density at radius 1 is 1.06 bits per heavy atom. The van der Waals surface area contributed by atoms with Crippen LogP contribution in [0.15, 0.2) is 58.0 Å². The van der Waals surface area contributed by atoms with Crippen molar-refractivity contribution in [1.29, 1.82) is 0 Å². The van der Waals surface area contributed by atoms with Crippen LogP contribution in [0.4, 0.5) is 14.5 Å². The van der Waals surface area contributed by atoms with Crippen molar-refractivity contribution in [1.82, 2.24) is 34.9 Å². The van der Waals surface area contributed by atoms with Crippen LogP contribution in [0.3, 0.4) is 0 Å². The first-order valence-corrected chi connectivity index (χ1v) is 18.4. The quantitative estimate of drug-likeness (QED) is 0.356. The van der Waals surface area contributed by atoms with E-state index in [1.54, 1.807) is 41.8 Å². The van der Waals surface area contributed by atoms with Crippen LogP contribution >= 0.6 is 11.8 Å². The molecule has 0 unspecified atom stereocenters. The molecule has 0 bridgehead atoms. The standard InChI is InChI=1S/C34H43F2N9O4S/c1-50-25-3-4-29(49-34(35)36)26(19-25)31-28(39-33(47)27-20-38-45-10-2-9-37-32(27)45)21-44(40-31)22-30(46)43-11-5-23(6-12-43)41-13-15-42(16-14-41)24-7-17-48-18-8-24/h2-4,9-10,19,21,23-24,34,38H,5-8,11-18,20,22H2,1H3,(H,39,47). The maximum absolute atomic E-state index is 13.6. The highest BCUT2D eigenvalue weighted by atomic mass is 32.2. The summed E-state index contributed by atoms with van der Waals surface area (Å²) in [6, 6.07) is 5.92. The average molecular weight is 712 g/mol. The molecule has 0 radical (unpaired) electrons. The number of hydrogen-bond donors (Lipinski definition) is 2. The largest absolute Gasteiger partial charge is 0.434 e. The van der Waals surface area contributed by atoms with Gasteiger partial charge in [-0.1, -0.05) is 0 Å². The lowest BCUT2D eigenvalue weighted by molar-refractivity contribution is -0.133. The Hall–Kier alpha value is -3.83. The molecule has 7 rings (SSSR count). The van der Waals surface area contributed by atoms with E-state index in [2.05, 4.69) is 30.6 Å². The van der Waals surface area contributed by atoms with Gasteiger partial charge in [0.2, 0.25) is 5.91 Å². The van der Waals surface area contributed by atoms with Crippen LogP contribution in [0.1, 0.15) is 25.7 Å². The lowest BCUT2D eigenvalue weighted by Crippen LogP contribution is -2.56. The zero-order valence-corrected chi connectivity index (χ0v) is 28.9. The molecule has 6 heterocycles. The number of aliphatic imine (C=N–C) groups is 1. The smallest absolute Gasteiger partial charge is 0.387 e. The second-order valence-corrected chi connectivity index (χ2v) is 13.8. The number of amides is 2. The molecule has 0 atom stereocenters. The summed E-state index contributed by atoms with van der Waals surface area (Å²) in [4.78, 5) is 39.4. The molecule has 0 spiro atoms. The maximum Gasteiger partial charge on any atom is 0.387 e. The van der Waals surface area contributed by atoms with Crippen LogP contribution < -0.4 is 15.5 Å². The number of carbonyl (C=O) groups excluding carboxylic acids is 2. The van der Waals surface area contributed by atoms with E-state index in [1.165, 1.54) is 22.5 Å². The van der Waals surface area contributed by atoms with Gasteiger partial charge in [0.05, 0.1) is 11.3 Å². The number of hydrogen-bond acceptors (Lipinski definition) is 11. The number of piperidine rings is 1. The van der Waals surface area contributed by atoms with E-state index in [0.717, 1.165) is 70.0 Å². The minimum absolute atomic E-state index is 0.0665. The van der Waals surface area contributed by atoms with Gasteiger partial charge < -0.3 is 19.7 Å². The Bertz CT molecular complexity index is 1640. The summed E-state index contributed by atoms with van der Waals surface area (Å²) < 4.78 is 38.8. The molecule has 0 aliphatic carbocycles. The number of likely N-dealkylation sites (tertiary alicyclic amines) is 1. The number of aromatic nitrogens is 2. The van der Waals surface area contributed by atoms with Crippen molar-refractivity contribution in [2.75, 3.05) is 70.6 Å². The number of benzene rings is 1. The molecule has 2 amide bonds. The zero-order valence-electron chi connectivity index (χ0n) is 28.1. The Morgan fingerprint density at radius 2 is 1.78 bits per heavy atom. The number of rotatable bonds is 10. The number of anilines is 1. The second kappa shape index (κ2) is 15.6. The van der Waals surface area contributed by atoms with Crippen LogP contribution in [0, 0.1) is 0 Å². The van der Waals surface area contributed by atoms with Crippen LogP contribution in [-0.2, 0) is 20.9 Å². The number of halogens is 2. The van der Waals surface area contributed by atoms with Gasteiger partial charge in [0.1, 0.15) is 18.0 Å². The van der Waals surface area contributed by atoms with Gasteiger partial charge in [0.15, 0.2) is 5.82 Å². The summed E-state index contributed by atoms with van der Waals surface area (Å²) in [5.74, 6) is -0.142. The van der Waals surface area contributed by atoms with E-state index in [1.807, 2.05) is 11.2 Å². The van der Waals surface area contributed by atoms with Crippen molar-refractivity contribution in [2.45, 2.75) is 55.8 Å². The van der Waals surface area contributed by atoms with Gasteiger partial charge >= 0.3 is 6.61 Å². The van der Waals surface area contributed by atoms with E-state index in [4.69, 9.17) is 9.47 Å². The number of piperazine rings is 1. The third kappa shape index (κ3) is 7.73. The Morgan fingerprint density at radius 3 is 2.48 bits per heavy atom. The highest BCUT2D eigenvalue weighted by Gasteiger charge is 2.32. The first-order chi connectivity index (χ1) is 24.4. The Kier molecular flexibility index (Phi) is 10.8. The second-order valence-electron chi connectivity index (χ2n) is 12.9. The van der Waals surface area contributed by atoms with Gasteiger partial charge in [0.25, 0.3) is 5.91 Å². The molecule has 3 saturated heterocycles. The summed E-state index contributed by atoms with van der Waals surface area (Å²) in [6.45, 7) is 4.38. The number of allylic oxidation sites excluding steroid dienone is 1. The van der Waals surface area contributed by atoms with Gasteiger partial charge in [-0.05, 0) is 56.2 Å². The molecule has 0 saturated carbocycles. The first-order valence-electron chi connectivity index (χ1n) is 17.2. The summed E-state index contributed by atoms with van der Waals surface area (Å²) in [6.07, 6.45) is 12.6. The summed E-state index contributed by atoms with van der Waals surface area (Å²) in [5, 5.41) is 9.23. The lowest BCUT2D eigenvalue weighted by atomic mass is 10.0. The highest BCUT2D eigenvalue weighted by molar-refractivity contribution is 7.98. The number of nitrogens with one attached hydrogen (secondary N) is 2. The van der Waals surface area contributed by atoms with Crippen LogP contribution in [0.5, 0.6) is 5.75 Å². The number of hydrazine groups is 1. The van der Waals surface area contributed by atoms with E-state index in [-0.39, 0.29) is 41.7 Å². The molecular formula is C34H43F2N9O4S. The number of carbonyl (C=O) groups is 2. The number of alkyl halides is 2. The van der Waals surface area contributed by atoms with Crippen molar-refractivity contribution in [3.8, 4) is 17.0 Å². The predicted molar refractivity (Wildman–Crippen MR) is 186 cm³/mol. The molecule has 13 nitrogen and oxygen atoms in total. The third-order valence-electron chi connectivity index (χ3n) is 10.1. The van der Waals surface area contributed by atoms with Gasteiger partial charge in [0, 0.05) is 100 Å². The van der Waals surface area contributed by atoms with Crippen LogP contribution in [-0.4, -0.2) is 131 Å². The first kappa shape index (κ1) is 34.6. The molecule has 5 aliphatic rings. The highest BCUT2D eigenvalue weighted by Crippen LogP contribution is 2.38. The van der Waals surface area contributed by atoms with Gasteiger partial charge in [-0.25, -0.2) is 10.4 Å². The van der Waals surface area contributed by atoms with E-state index in [9.17, 15) is 18.4 Å². The minimum Gasteiger partial charge on any atom is -0.434 e. The van der Waals surface area contributed by atoms with E-state index >= 15 is 0 Å². The van der Waals surface area contributed by atoms with Gasteiger partial charge in [-0.15, -0.1) is 11.8 Å². The van der Waals surface area contributed by atoms with Gasteiger partial charge in [-0.2, -0.15) is 13.9 Å². The fourth-order valence-electron chi connectivity index (χ4n) is 7.39. The average Bonchev–Trinajstić information content (AvgIpc) is 3.76. The number of thioether (sulfide) groups is 1. The number of ether oxygens (including phenoxy) is 2. The third-order valence-corrected chi connectivity index (χ3v) is 10.8. The van der Waals surface area contributed by atoms with Crippen molar-refractivity contribution < 1.29 is 27.8 Å². The molecule has 3 fully saturated rings. The predicted octanol–water partition coefficient (Wildman–Crippen LogP) is 3.23. The fraction of sp³-hybridized carbons (Fsp3) is 0.529. The molecule has 5 aliphatic heterocycles. The fourth-order valence-corrected chi connectivity index (χ4v) is 7.83. The van der Waals surface area contributed by atoms with Gasteiger partial charge in [-0.3, -0.25) is 29.1 Å². The van der Waals surface area contributed by atoms with E-state index in [0.29, 0.717) is 36.6 Å². The normalized spacial score (nSPS) is 21.0. The summed E-state index contributed by atoms with van der Waals surface area (Å²) >= 11 is 1.43. The molecular weight excluding hydrogens is 668 g/mol. The molecule has 268 valence electrons. The molecule has 50 heavy (non-hydrogen) atoms. The summed E-state index contributed by atoms with van der Waals surface area (Å²) in [7, 11) is 0. The van der Waals surface area contributed by atoms with Crippen molar-refractivity contribution in [2.24, 2.45) is 4.99 Å². The number of nitrogens with zero attached hydrogens (tertiary/aromatic N) is 7. The molecule has 2 aromatic rings. The monoisotopic (exact) mass is 711 g/mol.